The molecule has 0 radical (unpaired) electrons. The Bertz CT molecular complexity index is 1280. The number of benzene rings is 3. The van der Waals surface area contributed by atoms with Gasteiger partial charge in [0.15, 0.2) is 0 Å². The molecular weight excluding hydrogens is 396 g/mol. The van der Waals surface area contributed by atoms with Gasteiger partial charge in [0, 0.05) is 36.6 Å². The van der Waals surface area contributed by atoms with Gasteiger partial charge in [-0.05, 0) is 25.6 Å². The Hall–Kier alpha value is -3.28. The van der Waals surface area contributed by atoms with Gasteiger partial charge in [-0.15, -0.1) is 0 Å². The molecule has 2 heterocycles. The Labute approximate surface area is 188 Å². The highest BCUT2D eigenvalue weighted by atomic mass is 16.1. The van der Waals surface area contributed by atoms with E-state index in [4.69, 9.17) is 5.10 Å². The van der Waals surface area contributed by atoms with E-state index in [-0.39, 0.29) is 11.6 Å². The number of rotatable bonds is 4. The van der Waals surface area contributed by atoms with Crippen molar-refractivity contribution in [2.24, 2.45) is 0 Å². The fourth-order valence-corrected chi connectivity index (χ4v) is 4.55. The third kappa shape index (κ3) is 3.97. The SMILES string of the molecule is Cc1ccc(-c2nn(CN3CCN(C)CC3c3ccccc3)c(=O)c3ccccc23)cc1. The first-order valence-electron chi connectivity index (χ1n) is 11.1. The van der Waals surface area contributed by atoms with Crippen LogP contribution in [0.4, 0.5) is 0 Å². The molecule has 1 aliphatic rings. The second-order valence-electron chi connectivity index (χ2n) is 8.71. The maximum Gasteiger partial charge on any atom is 0.275 e. The van der Waals surface area contributed by atoms with Crippen molar-refractivity contribution >= 4 is 10.8 Å². The van der Waals surface area contributed by atoms with Crippen LogP contribution >= 0.6 is 0 Å². The maximum absolute atomic E-state index is 13.4. The molecule has 3 aromatic carbocycles. The van der Waals surface area contributed by atoms with Gasteiger partial charge in [0.25, 0.3) is 5.56 Å². The molecule has 1 fully saturated rings. The van der Waals surface area contributed by atoms with Crippen molar-refractivity contribution in [3.05, 3.63) is 100 Å². The van der Waals surface area contributed by atoms with Crippen LogP contribution in [0.1, 0.15) is 17.2 Å². The van der Waals surface area contributed by atoms with Gasteiger partial charge in [-0.3, -0.25) is 9.69 Å². The molecule has 5 rings (SSSR count). The van der Waals surface area contributed by atoms with E-state index in [9.17, 15) is 4.79 Å². The number of aryl methyl sites for hydroxylation is 1. The Kier molecular flexibility index (Phi) is 5.60. The van der Waals surface area contributed by atoms with Crippen molar-refractivity contribution < 1.29 is 0 Å². The van der Waals surface area contributed by atoms with Gasteiger partial charge in [-0.1, -0.05) is 78.4 Å². The lowest BCUT2D eigenvalue weighted by Crippen LogP contribution is -2.48. The molecule has 5 heteroatoms. The molecule has 1 aromatic heterocycles. The first-order chi connectivity index (χ1) is 15.6. The first kappa shape index (κ1) is 20.6. The summed E-state index contributed by atoms with van der Waals surface area (Å²) < 4.78 is 1.65. The highest BCUT2D eigenvalue weighted by Gasteiger charge is 2.27. The van der Waals surface area contributed by atoms with Crippen LogP contribution in [0, 0.1) is 6.92 Å². The van der Waals surface area contributed by atoms with Crippen molar-refractivity contribution in [2.75, 3.05) is 26.7 Å². The number of nitrogens with zero attached hydrogens (tertiary/aromatic N) is 4. The molecule has 32 heavy (non-hydrogen) atoms. The van der Waals surface area contributed by atoms with E-state index >= 15 is 0 Å². The lowest BCUT2D eigenvalue weighted by atomic mass is 10.0. The number of fused-ring (bicyclic) bond motifs is 1. The summed E-state index contributed by atoms with van der Waals surface area (Å²) in [7, 11) is 2.16. The van der Waals surface area contributed by atoms with Gasteiger partial charge in [-0.25, -0.2) is 4.68 Å². The molecular formula is C27H28N4O. The van der Waals surface area contributed by atoms with E-state index in [2.05, 4.69) is 72.3 Å². The summed E-state index contributed by atoms with van der Waals surface area (Å²) in [6, 6.07) is 26.9. The van der Waals surface area contributed by atoms with E-state index in [1.54, 1.807) is 4.68 Å². The summed E-state index contributed by atoms with van der Waals surface area (Å²) in [5, 5.41) is 6.50. The first-order valence-corrected chi connectivity index (χ1v) is 11.1. The summed E-state index contributed by atoms with van der Waals surface area (Å²) in [6.45, 7) is 5.33. The Balaban J connectivity index is 1.58. The number of hydrogen-bond acceptors (Lipinski definition) is 4. The number of likely N-dealkylation sites (N-methyl/N-ethyl adjacent to an activating group) is 1. The minimum Gasteiger partial charge on any atom is -0.303 e. The van der Waals surface area contributed by atoms with Gasteiger partial charge < -0.3 is 4.90 Å². The van der Waals surface area contributed by atoms with Crippen LogP contribution in [0.2, 0.25) is 0 Å². The van der Waals surface area contributed by atoms with Crippen molar-refractivity contribution in [2.45, 2.75) is 19.6 Å². The van der Waals surface area contributed by atoms with Crippen LogP contribution in [0.5, 0.6) is 0 Å². The average molecular weight is 425 g/mol. The monoisotopic (exact) mass is 424 g/mol. The highest BCUT2D eigenvalue weighted by molar-refractivity contribution is 5.93. The van der Waals surface area contributed by atoms with Crippen LogP contribution < -0.4 is 5.56 Å². The average Bonchev–Trinajstić information content (AvgIpc) is 2.83. The molecule has 0 spiro atoms. The normalized spacial score (nSPS) is 17.6. The quantitative estimate of drug-likeness (QED) is 0.489. The predicted octanol–water partition coefficient (Wildman–Crippen LogP) is 4.32. The van der Waals surface area contributed by atoms with Gasteiger partial charge in [-0.2, -0.15) is 5.10 Å². The smallest absolute Gasteiger partial charge is 0.275 e. The lowest BCUT2D eigenvalue weighted by Gasteiger charge is -2.40. The van der Waals surface area contributed by atoms with Crippen molar-refractivity contribution in [1.29, 1.82) is 0 Å². The zero-order chi connectivity index (χ0) is 22.1. The standard InChI is InChI=1S/C27H28N4O/c1-20-12-14-22(15-13-20)26-23-10-6-7-11-24(23)27(32)31(28-26)19-30-17-16-29(2)18-25(30)21-8-4-3-5-9-21/h3-15,25H,16-19H2,1-2H3. The number of hydrogen-bond donors (Lipinski definition) is 0. The Morgan fingerprint density at radius 3 is 2.31 bits per heavy atom. The molecule has 1 unspecified atom stereocenters. The van der Waals surface area contributed by atoms with E-state index in [0.717, 1.165) is 36.3 Å². The molecule has 1 atom stereocenters. The molecule has 162 valence electrons. The molecule has 0 aliphatic carbocycles. The van der Waals surface area contributed by atoms with Crippen LogP contribution in [-0.2, 0) is 6.67 Å². The molecule has 4 aromatic rings. The highest BCUT2D eigenvalue weighted by Crippen LogP contribution is 2.27. The van der Waals surface area contributed by atoms with Crippen LogP contribution in [0.3, 0.4) is 0 Å². The number of aromatic nitrogens is 2. The molecule has 0 saturated carbocycles. The second-order valence-corrected chi connectivity index (χ2v) is 8.71. The fourth-order valence-electron chi connectivity index (χ4n) is 4.55. The minimum absolute atomic E-state index is 0.0396. The summed E-state index contributed by atoms with van der Waals surface area (Å²) in [4.78, 5) is 18.1. The number of piperazine rings is 1. The second kappa shape index (κ2) is 8.69. The van der Waals surface area contributed by atoms with Crippen molar-refractivity contribution in [3.63, 3.8) is 0 Å². The maximum atomic E-state index is 13.4. The van der Waals surface area contributed by atoms with Gasteiger partial charge in [0.1, 0.15) is 0 Å². The zero-order valence-electron chi connectivity index (χ0n) is 18.6. The largest absolute Gasteiger partial charge is 0.303 e. The lowest BCUT2D eigenvalue weighted by molar-refractivity contribution is 0.0576. The zero-order valence-corrected chi connectivity index (χ0v) is 18.6. The van der Waals surface area contributed by atoms with Gasteiger partial charge in [0.2, 0.25) is 0 Å². The molecule has 0 bridgehead atoms. The minimum atomic E-state index is -0.0396. The fraction of sp³-hybridized carbons (Fsp3) is 0.259. The van der Waals surface area contributed by atoms with Gasteiger partial charge in [0.05, 0.1) is 17.7 Å². The van der Waals surface area contributed by atoms with E-state index in [0.29, 0.717) is 12.1 Å². The van der Waals surface area contributed by atoms with Crippen LogP contribution in [0.15, 0.2) is 83.7 Å². The summed E-state index contributed by atoms with van der Waals surface area (Å²) in [5.74, 6) is 0. The third-order valence-corrected chi connectivity index (χ3v) is 6.39. The van der Waals surface area contributed by atoms with Crippen molar-refractivity contribution in [3.8, 4) is 11.3 Å². The molecule has 1 aliphatic heterocycles. The molecule has 5 nitrogen and oxygen atoms in total. The summed E-state index contributed by atoms with van der Waals surface area (Å²) in [6.07, 6.45) is 0. The topological polar surface area (TPSA) is 41.4 Å². The Morgan fingerprint density at radius 2 is 1.56 bits per heavy atom. The summed E-state index contributed by atoms with van der Waals surface area (Å²) in [5.41, 5.74) is 4.31. The van der Waals surface area contributed by atoms with E-state index < -0.39 is 0 Å². The molecule has 1 saturated heterocycles. The van der Waals surface area contributed by atoms with E-state index in [1.807, 2.05) is 30.3 Å². The van der Waals surface area contributed by atoms with Gasteiger partial charge >= 0.3 is 0 Å². The summed E-state index contributed by atoms with van der Waals surface area (Å²) >= 11 is 0. The third-order valence-electron chi connectivity index (χ3n) is 6.39. The Morgan fingerprint density at radius 1 is 0.875 bits per heavy atom. The van der Waals surface area contributed by atoms with E-state index in [1.165, 1.54) is 11.1 Å². The predicted molar refractivity (Wildman–Crippen MR) is 130 cm³/mol. The van der Waals surface area contributed by atoms with Crippen LogP contribution in [0.25, 0.3) is 22.0 Å². The van der Waals surface area contributed by atoms with Crippen molar-refractivity contribution in [1.82, 2.24) is 19.6 Å². The molecule has 0 N–H and O–H groups in total. The molecule has 0 amide bonds. The van der Waals surface area contributed by atoms with Crippen LogP contribution in [-0.4, -0.2) is 46.3 Å².